The van der Waals surface area contributed by atoms with Crippen molar-refractivity contribution in [2.45, 2.75) is 39.2 Å². The van der Waals surface area contributed by atoms with Crippen molar-refractivity contribution in [1.29, 1.82) is 0 Å². The Kier molecular flexibility index (Phi) is 7.02. The molecule has 1 amide bonds. The van der Waals surface area contributed by atoms with E-state index in [4.69, 9.17) is 15.2 Å². The Morgan fingerprint density at radius 2 is 1.95 bits per heavy atom. The maximum Gasteiger partial charge on any atom is 0.237 e. The third kappa shape index (κ3) is 5.63. The molecule has 0 aromatic heterocycles. The number of hydrogen-bond acceptors (Lipinski definition) is 4. The van der Waals surface area contributed by atoms with Crippen LogP contribution in [0.25, 0.3) is 0 Å². The first-order valence-electron chi connectivity index (χ1n) is 7.42. The lowest BCUT2D eigenvalue weighted by Crippen LogP contribution is -2.54. The summed E-state index contributed by atoms with van der Waals surface area (Å²) in [4.78, 5) is 11.6. The minimum Gasteiger partial charge on any atom is -0.494 e. The van der Waals surface area contributed by atoms with Crippen LogP contribution in [0.15, 0.2) is 24.3 Å². The molecule has 1 unspecified atom stereocenters. The van der Waals surface area contributed by atoms with Crippen LogP contribution >= 0.6 is 0 Å². The first-order valence-corrected chi connectivity index (χ1v) is 7.42. The normalized spacial score (nSPS) is 13.5. The SMILES string of the molecule is CCCNC(C)(CCOc1cccc(OCC)c1)C(N)=O. The van der Waals surface area contributed by atoms with Gasteiger partial charge in [0.2, 0.25) is 5.91 Å². The van der Waals surface area contributed by atoms with Crippen LogP contribution in [-0.4, -0.2) is 31.2 Å². The number of benzene rings is 1. The third-order valence-electron chi connectivity index (χ3n) is 3.30. The highest BCUT2D eigenvalue weighted by molar-refractivity contribution is 5.84. The molecular weight excluding hydrogens is 268 g/mol. The van der Waals surface area contributed by atoms with Crippen molar-refractivity contribution < 1.29 is 14.3 Å². The van der Waals surface area contributed by atoms with E-state index in [1.807, 2.05) is 45.0 Å². The Labute approximate surface area is 126 Å². The third-order valence-corrected chi connectivity index (χ3v) is 3.30. The molecule has 0 aliphatic carbocycles. The first-order chi connectivity index (χ1) is 10.0. The fourth-order valence-electron chi connectivity index (χ4n) is 1.89. The van der Waals surface area contributed by atoms with E-state index in [1.165, 1.54) is 0 Å². The van der Waals surface area contributed by atoms with Gasteiger partial charge in [-0.05, 0) is 38.9 Å². The van der Waals surface area contributed by atoms with Gasteiger partial charge in [-0.1, -0.05) is 13.0 Å². The number of primary amides is 1. The Morgan fingerprint density at radius 3 is 2.52 bits per heavy atom. The van der Waals surface area contributed by atoms with E-state index in [0.717, 1.165) is 24.5 Å². The van der Waals surface area contributed by atoms with E-state index >= 15 is 0 Å². The molecule has 3 N–H and O–H groups in total. The largest absolute Gasteiger partial charge is 0.494 e. The Morgan fingerprint density at radius 1 is 1.29 bits per heavy atom. The Hall–Kier alpha value is -1.75. The molecule has 0 fully saturated rings. The molecule has 1 rings (SSSR count). The molecule has 118 valence electrons. The topological polar surface area (TPSA) is 73.6 Å². The van der Waals surface area contributed by atoms with Gasteiger partial charge in [-0.2, -0.15) is 0 Å². The summed E-state index contributed by atoms with van der Waals surface area (Å²) in [7, 11) is 0. The van der Waals surface area contributed by atoms with Crippen molar-refractivity contribution >= 4 is 5.91 Å². The predicted octanol–water partition coefficient (Wildman–Crippen LogP) is 2.10. The number of rotatable bonds is 10. The van der Waals surface area contributed by atoms with Crippen LogP contribution in [0.5, 0.6) is 11.5 Å². The van der Waals surface area contributed by atoms with Gasteiger partial charge in [0.1, 0.15) is 11.5 Å². The van der Waals surface area contributed by atoms with Crippen LogP contribution in [0.1, 0.15) is 33.6 Å². The van der Waals surface area contributed by atoms with Crippen LogP contribution in [0, 0.1) is 0 Å². The Bertz CT molecular complexity index is 451. The summed E-state index contributed by atoms with van der Waals surface area (Å²) in [6, 6.07) is 7.46. The lowest BCUT2D eigenvalue weighted by molar-refractivity contribution is -0.124. The zero-order valence-electron chi connectivity index (χ0n) is 13.1. The highest BCUT2D eigenvalue weighted by Crippen LogP contribution is 2.20. The van der Waals surface area contributed by atoms with Gasteiger partial charge in [-0.3, -0.25) is 4.79 Å². The van der Waals surface area contributed by atoms with Crippen LogP contribution in [0.4, 0.5) is 0 Å². The standard InChI is InChI=1S/C16H26N2O3/c1-4-10-18-16(3,15(17)19)9-11-21-14-8-6-7-13(12-14)20-5-2/h6-8,12,18H,4-5,9-11H2,1-3H3,(H2,17,19). The number of ether oxygens (including phenoxy) is 2. The fraction of sp³-hybridized carbons (Fsp3) is 0.562. The fourth-order valence-corrected chi connectivity index (χ4v) is 1.89. The van der Waals surface area contributed by atoms with Crippen LogP contribution < -0.4 is 20.5 Å². The summed E-state index contributed by atoms with van der Waals surface area (Å²) in [5.41, 5.74) is 4.74. The smallest absolute Gasteiger partial charge is 0.237 e. The Balaban J connectivity index is 2.53. The molecule has 1 aromatic rings. The van der Waals surface area contributed by atoms with E-state index in [-0.39, 0.29) is 5.91 Å². The lowest BCUT2D eigenvalue weighted by atomic mass is 9.97. The quantitative estimate of drug-likeness (QED) is 0.693. The van der Waals surface area contributed by atoms with Gasteiger partial charge < -0.3 is 20.5 Å². The van der Waals surface area contributed by atoms with Crippen molar-refractivity contribution in [3.05, 3.63) is 24.3 Å². The lowest BCUT2D eigenvalue weighted by Gasteiger charge is -2.27. The molecule has 0 saturated carbocycles. The monoisotopic (exact) mass is 294 g/mol. The van der Waals surface area contributed by atoms with Gasteiger partial charge in [0.05, 0.1) is 18.8 Å². The molecule has 0 saturated heterocycles. The summed E-state index contributed by atoms with van der Waals surface area (Å²) >= 11 is 0. The zero-order valence-corrected chi connectivity index (χ0v) is 13.1. The molecule has 0 spiro atoms. The molecule has 5 nitrogen and oxygen atoms in total. The molecular formula is C16H26N2O3. The number of amides is 1. The van der Waals surface area contributed by atoms with E-state index in [2.05, 4.69) is 5.32 Å². The molecule has 0 bridgehead atoms. The van der Waals surface area contributed by atoms with Crippen LogP contribution in [0.3, 0.4) is 0 Å². The van der Waals surface area contributed by atoms with Crippen molar-refractivity contribution in [2.24, 2.45) is 5.73 Å². The van der Waals surface area contributed by atoms with Gasteiger partial charge in [0.15, 0.2) is 0 Å². The van der Waals surface area contributed by atoms with Crippen LogP contribution in [0.2, 0.25) is 0 Å². The minimum atomic E-state index is -0.743. The summed E-state index contributed by atoms with van der Waals surface area (Å²) in [5.74, 6) is 1.14. The summed E-state index contributed by atoms with van der Waals surface area (Å²) < 4.78 is 11.1. The molecule has 21 heavy (non-hydrogen) atoms. The van der Waals surface area contributed by atoms with E-state index in [0.29, 0.717) is 19.6 Å². The predicted molar refractivity (Wildman–Crippen MR) is 83.6 cm³/mol. The van der Waals surface area contributed by atoms with Gasteiger partial charge in [-0.25, -0.2) is 0 Å². The van der Waals surface area contributed by atoms with Gasteiger partial charge in [0.25, 0.3) is 0 Å². The summed E-state index contributed by atoms with van der Waals surface area (Å²) in [5, 5.41) is 3.18. The molecule has 1 atom stereocenters. The maximum atomic E-state index is 11.6. The van der Waals surface area contributed by atoms with Gasteiger partial charge in [0, 0.05) is 12.5 Å². The highest BCUT2D eigenvalue weighted by atomic mass is 16.5. The molecule has 1 aromatic carbocycles. The summed E-state index contributed by atoms with van der Waals surface area (Å²) in [6.45, 7) is 7.56. The van der Waals surface area contributed by atoms with Crippen molar-refractivity contribution in [1.82, 2.24) is 5.32 Å². The number of nitrogens with one attached hydrogen (secondary N) is 1. The maximum absolute atomic E-state index is 11.6. The second-order valence-electron chi connectivity index (χ2n) is 5.13. The minimum absolute atomic E-state index is 0.359. The van der Waals surface area contributed by atoms with E-state index in [1.54, 1.807) is 0 Å². The number of carbonyl (C=O) groups is 1. The molecule has 0 radical (unpaired) electrons. The number of hydrogen-bond donors (Lipinski definition) is 2. The highest BCUT2D eigenvalue weighted by Gasteiger charge is 2.29. The number of nitrogens with two attached hydrogens (primary N) is 1. The van der Waals surface area contributed by atoms with Gasteiger partial charge >= 0.3 is 0 Å². The molecule has 0 heterocycles. The average Bonchev–Trinajstić information content (AvgIpc) is 2.46. The van der Waals surface area contributed by atoms with Crippen molar-refractivity contribution in [3.63, 3.8) is 0 Å². The second kappa shape index (κ2) is 8.52. The second-order valence-corrected chi connectivity index (χ2v) is 5.13. The van der Waals surface area contributed by atoms with Crippen molar-refractivity contribution in [3.8, 4) is 11.5 Å². The summed E-state index contributed by atoms with van der Waals surface area (Å²) in [6.07, 6.45) is 1.46. The molecule has 5 heteroatoms. The first kappa shape index (κ1) is 17.3. The molecule has 0 aliphatic heterocycles. The van der Waals surface area contributed by atoms with E-state index in [9.17, 15) is 4.79 Å². The average molecular weight is 294 g/mol. The van der Waals surface area contributed by atoms with E-state index < -0.39 is 5.54 Å². The zero-order chi connectivity index (χ0) is 15.7. The number of carbonyl (C=O) groups excluding carboxylic acids is 1. The van der Waals surface area contributed by atoms with Gasteiger partial charge in [-0.15, -0.1) is 0 Å². The molecule has 0 aliphatic rings. The van der Waals surface area contributed by atoms with Crippen molar-refractivity contribution in [2.75, 3.05) is 19.8 Å². The van der Waals surface area contributed by atoms with Crippen LogP contribution in [-0.2, 0) is 4.79 Å².